The van der Waals surface area contributed by atoms with Crippen LogP contribution in [0, 0.1) is 17.2 Å². The summed E-state index contributed by atoms with van der Waals surface area (Å²) in [6, 6.07) is 6.71. The molecule has 0 radical (unpaired) electrons. The fraction of sp³-hybridized carbons (Fsp3) is 0.636. The van der Waals surface area contributed by atoms with Crippen molar-refractivity contribution in [2.24, 2.45) is 11.3 Å². The standard InChI is InChI=1S/C22H31FN2O3/c1-16(2)14-25-19(12-17-4-6-18(23)7-5-17)13-22(21(25)27)8-10-24(11-9-22)20(26)15-28-3/h4-7,16,19H,8-15H2,1-3H3/t19-/m1/s1. The van der Waals surface area contributed by atoms with Crippen LogP contribution in [0.25, 0.3) is 0 Å². The third-order valence-electron chi connectivity index (χ3n) is 6.07. The Kier molecular flexibility index (Phi) is 6.38. The van der Waals surface area contributed by atoms with Crippen molar-refractivity contribution in [2.75, 3.05) is 33.4 Å². The van der Waals surface area contributed by atoms with Crippen LogP contribution in [0.5, 0.6) is 0 Å². The summed E-state index contributed by atoms with van der Waals surface area (Å²) in [5, 5.41) is 0. The predicted octanol–water partition coefficient (Wildman–Crippen LogP) is 2.88. The summed E-state index contributed by atoms with van der Waals surface area (Å²) >= 11 is 0. The monoisotopic (exact) mass is 390 g/mol. The predicted molar refractivity (Wildman–Crippen MR) is 105 cm³/mol. The van der Waals surface area contributed by atoms with E-state index < -0.39 is 0 Å². The molecular formula is C22H31FN2O3. The van der Waals surface area contributed by atoms with Crippen molar-refractivity contribution in [1.82, 2.24) is 9.80 Å². The molecule has 154 valence electrons. The average Bonchev–Trinajstić information content (AvgIpc) is 2.89. The Morgan fingerprint density at radius 2 is 1.89 bits per heavy atom. The highest BCUT2D eigenvalue weighted by Crippen LogP contribution is 2.45. The minimum atomic E-state index is -0.372. The molecule has 2 aliphatic heterocycles. The van der Waals surface area contributed by atoms with E-state index in [9.17, 15) is 14.0 Å². The summed E-state index contributed by atoms with van der Waals surface area (Å²) in [6.07, 6.45) is 2.96. The molecule has 2 amide bonds. The van der Waals surface area contributed by atoms with Crippen LogP contribution in [0.3, 0.4) is 0 Å². The Balaban J connectivity index is 1.74. The number of nitrogens with zero attached hydrogens (tertiary/aromatic N) is 2. The van der Waals surface area contributed by atoms with Crippen LogP contribution in [-0.4, -0.2) is 61.0 Å². The van der Waals surface area contributed by atoms with Crippen molar-refractivity contribution >= 4 is 11.8 Å². The van der Waals surface area contributed by atoms with Gasteiger partial charge in [0, 0.05) is 32.8 Å². The first-order valence-electron chi connectivity index (χ1n) is 10.2. The zero-order valence-electron chi connectivity index (χ0n) is 17.1. The molecule has 0 N–H and O–H groups in total. The van der Waals surface area contributed by atoms with E-state index >= 15 is 0 Å². The summed E-state index contributed by atoms with van der Waals surface area (Å²) in [4.78, 5) is 29.4. The molecule has 2 fully saturated rings. The summed E-state index contributed by atoms with van der Waals surface area (Å²) in [6.45, 7) is 6.28. The Labute approximate surface area is 166 Å². The van der Waals surface area contributed by atoms with Gasteiger partial charge in [-0.1, -0.05) is 26.0 Å². The van der Waals surface area contributed by atoms with Gasteiger partial charge in [0.2, 0.25) is 11.8 Å². The van der Waals surface area contributed by atoms with E-state index in [1.165, 1.54) is 19.2 Å². The zero-order chi connectivity index (χ0) is 20.3. The lowest BCUT2D eigenvalue weighted by Crippen LogP contribution is -2.47. The van der Waals surface area contributed by atoms with E-state index in [1.807, 2.05) is 21.9 Å². The highest BCUT2D eigenvalue weighted by molar-refractivity contribution is 5.86. The minimum Gasteiger partial charge on any atom is -0.375 e. The van der Waals surface area contributed by atoms with E-state index in [0.717, 1.165) is 24.9 Å². The van der Waals surface area contributed by atoms with Gasteiger partial charge in [-0.05, 0) is 49.3 Å². The number of carbonyl (C=O) groups excluding carboxylic acids is 2. The topological polar surface area (TPSA) is 49.9 Å². The van der Waals surface area contributed by atoms with Gasteiger partial charge in [0.25, 0.3) is 0 Å². The van der Waals surface area contributed by atoms with Gasteiger partial charge >= 0.3 is 0 Å². The number of hydrogen-bond acceptors (Lipinski definition) is 3. The first kappa shape index (κ1) is 20.8. The van der Waals surface area contributed by atoms with E-state index in [1.54, 1.807) is 0 Å². The van der Waals surface area contributed by atoms with Gasteiger partial charge < -0.3 is 14.5 Å². The molecule has 5 nitrogen and oxygen atoms in total. The smallest absolute Gasteiger partial charge is 0.248 e. The lowest BCUT2D eigenvalue weighted by atomic mass is 9.75. The van der Waals surface area contributed by atoms with Gasteiger partial charge in [0.1, 0.15) is 12.4 Å². The molecule has 0 aliphatic carbocycles. The second-order valence-corrected chi connectivity index (χ2v) is 8.63. The van der Waals surface area contributed by atoms with Gasteiger partial charge in [-0.15, -0.1) is 0 Å². The maximum atomic E-state index is 13.4. The van der Waals surface area contributed by atoms with Crippen LogP contribution in [0.2, 0.25) is 0 Å². The maximum Gasteiger partial charge on any atom is 0.248 e. The Morgan fingerprint density at radius 3 is 2.46 bits per heavy atom. The van der Waals surface area contributed by atoms with Crippen molar-refractivity contribution in [3.8, 4) is 0 Å². The molecule has 1 aromatic rings. The number of likely N-dealkylation sites (tertiary alicyclic amines) is 2. The molecule has 1 spiro atoms. The van der Waals surface area contributed by atoms with Gasteiger partial charge in [0.15, 0.2) is 0 Å². The molecule has 0 saturated carbocycles. The van der Waals surface area contributed by atoms with Gasteiger partial charge in [-0.3, -0.25) is 9.59 Å². The van der Waals surface area contributed by atoms with Crippen molar-refractivity contribution in [3.63, 3.8) is 0 Å². The molecular weight excluding hydrogens is 359 g/mol. The molecule has 0 aromatic heterocycles. The normalized spacial score (nSPS) is 21.8. The van der Waals surface area contributed by atoms with Crippen LogP contribution in [-0.2, 0) is 20.7 Å². The molecule has 1 aromatic carbocycles. The maximum absolute atomic E-state index is 13.4. The number of halogens is 1. The Bertz CT molecular complexity index is 696. The van der Waals surface area contributed by atoms with E-state index in [4.69, 9.17) is 4.74 Å². The largest absolute Gasteiger partial charge is 0.375 e. The number of hydrogen-bond donors (Lipinski definition) is 0. The molecule has 0 bridgehead atoms. The van der Waals surface area contributed by atoms with Gasteiger partial charge in [-0.2, -0.15) is 0 Å². The Hall–Kier alpha value is -1.95. The van der Waals surface area contributed by atoms with Crippen LogP contribution in [0.1, 0.15) is 38.7 Å². The number of piperidine rings is 1. The lowest BCUT2D eigenvalue weighted by molar-refractivity contribution is -0.144. The van der Waals surface area contributed by atoms with Crippen LogP contribution in [0.4, 0.5) is 4.39 Å². The number of carbonyl (C=O) groups is 2. The molecule has 0 unspecified atom stereocenters. The molecule has 2 saturated heterocycles. The molecule has 2 heterocycles. The minimum absolute atomic E-state index is 0.00954. The molecule has 28 heavy (non-hydrogen) atoms. The molecule has 6 heteroatoms. The average molecular weight is 390 g/mol. The van der Waals surface area contributed by atoms with Crippen molar-refractivity contribution in [3.05, 3.63) is 35.6 Å². The summed E-state index contributed by atoms with van der Waals surface area (Å²) < 4.78 is 18.2. The van der Waals surface area contributed by atoms with Crippen molar-refractivity contribution in [2.45, 2.75) is 45.6 Å². The highest BCUT2D eigenvalue weighted by atomic mass is 19.1. The SMILES string of the molecule is COCC(=O)N1CCC2(CC1)C[C@@H](Cc1ccc(F)cc1)N(CC(C)C)C2=O. The quantitative estimate of drug-likeness (QED) is 0.751. The van der Waals surface area contributed by atoms with Crippen molar-refractivity contribution in [1.29, 1.82) is 0 Å². The highest BCUT2D eigenvalue weighted by Gasteiger charge is 2.52. The van der Waals surface area contributed by atoms with E-state index in [-0.39, 0.29) is 35.7 Å². The summed E-state index contributed by atoms with van der Waals surface area (Å²) in [5.41, 5.74) is 0.682. The van der Waals surface area contributed by atoms with Crippen LogP contribution >= 0.6 is 0 Å². The first-order valence-corrected chi connectivity index (χ1v) is 10.2. The molecule has 2 aliphatic rings. The third-order valence-corrected chi connectivity index (χ3v) is 6.07. The number of rotatable bonds is 6. The summed E-state index contributed by atoms with van der Waals surface area (Å²) in [7, 11) is 1.52. The van der Waals surface area contributed by atoms with Crippen molar-refractivity contribution < 1.29 is 18.7 Å². The second-order valence-electron chi connectivity index (χ2n) is 8.63. The summed E-state index contributed by atoms with van der Waals surface area (Å²) in [5.74, 6) is 0.366. The number of benzene rings is 1. The van der Waals surface area contributed by atoms with Crippen LogP contribution < -0.4 is 0 Å². The fourth-order valence-corrected chi connectivity index (χ4v) is 4.64. The van der Waals surface area contributed by atoms with Crippen LogP contribution in [0.15, 0.2) is 24.3 Å². The third kappa shape index (κ3) is 4.37. The zero-order valence-corrected chi connectivity index (χ0v) is 17.1. The molecule has 3 rings (SSSR count). The number of ether oxygens (including phenoxy) is 1. The lowest BCUT2D eigenvalue weighted by Gasteiger charge is -2.38. The molecule has 1 atom stereocenters. The second kappa shape index (κ2) is 8.60. The van der Waals surface area contributed by atoms with Gasteiger partial charge in [-0.25, -0.2) is 4.39 Å². The Morgan fingerprint density at radius 1 is 1.25 bits per heavy atom. The fourth-order valence-electron chi connectivity index (χ4n) is 4.64. The number of methoxy groups -OCH3 is 1. The van der Waals surface area contributed by atoms with E-state index in [2.05, 4.69) is 13.8 Å². The number of amides is 2. The van der Waals surface area contributed by atoms with E-state index in [0.29, 0.717) is 31.8 Å². The van der Waals surface area contributed by atoms with Gasteiger partial charge in [0.05, 0.1) is 5.41 Å². The first-order chi connectivity index (χ1) is 13.3.